The summed E-state index contributed by atoms with van der Waals surface area (Å²) in [4.78, 5) is 39.6. The smallest absolute Gasteiger partial charge is 0.411 e. The Bertz CT molecular complexity index is 1040. The van der Waals surface area contributed by atoms with E-state index in [1.165, 1.54) is 18.8 Å². The normalized spacial score (nSPS) is 23.3. The number of carbonyl (C=O) groups excluding carboxylic acids is 2. The minimum atomic E-state index is -0.592. The molecule has 3 heterocycles. The largest absolute Gasteiger partial charge is 0.443 e. The topological polar surface area (TPSA) is 111 Å². The van der Waals surface area contributed by atoms with Crippen molar-refractivity contribution in [1.82, 2.24) is 19.6 Å². The molecule has 3 aliphatic rings. The zero-order chi connectivity index (χ0) is 21.0. The van der Waals surface area contributed by atoms with Crippen LogP contribution in [0, 0.1) is 10.1 Å². The van der Waals surface area contributed by atoms with Gasteiger partial charge in [0, 0.05) is 25.6 Å². The van der Waals surface area contributed by atoms with Crippen molar-refractivity contribution in [2.75, 3.05) is 13.1 Å². The lowest BCUT2D eigenvalue weighted by Gasteiger charge is -2.37. The number of nitrogens with zero attached hydrogens (tertiary/aromatic N) is 5. The number of hydrogen-bond donors (Lipinski definition) is 0. The van der Waals surface area contributed by atoms with Crippen molar-refractivity contribution in [3.8, 4) is 0 Å². The van der Waals surface area contributed by atoms with Crippen molar-refractivity contribution >= 4 is 17.8 Å². The van der Waals surface area contributed by atoms with E-state index in [0.29, 0.717) is 25.9 Å². The summed E-state index contributed by atoms with van der Waals surface area (Å²) in [6.07, 6.45) is 2.70. The van der Waals surface area contributed by atoms with E-state index in [0.717, 1.165) is 16.7 Å². The van der Waals surface area contributed by atoms with Crippen molar-refractivity contribution < 1.29 is 19.2 Å². The van der Waals surface area contributed by atoms with Crippen LogP contribution in [0.25, 0.3) is 0 Å². The molecule has 2 amide bonds. The molecule has 1 aliphatic carbocycles. The molecule has 2 saturated heterocycles. The lowest BCUT2D eigenvalue weighted by Crippen LogP contribution is -2.47. The molecule has 0 bridgehead atoms. The third kappa shape index (κ3) is 2.74. The van der Waals surface area contributed by atoms with Crippen LogP contribution in [-0.4, -0.2) is 61.7 Å². The van der Waals surface area contributed by atoms with E-state index in [1.54, 1.807) is 4.90 Å². The highest BCUT2D eigenvalue weighted by Crippen LogP contribution is 2.44. The van der Waals surface area contributed by atoms with Crippen molar-refractivity contribution in [3.63, 3.8) is 0 Å². The molecule has 2 fully saturated rings. The highest BCUT2D eigenvalue weighted by Gasteiger charge is 2.50. The average molecular weight is 411 g/mol. The molecule has 2 atom stereocenters. The number of piperidine rings is 1. The molecule has 1 aromatic heterocycles. The first-order valence-corrected chi connectivity index (χ1v) is 9.98. The summed E-state index contributed by atoms with van der Waals surface area (Å²) in [6.45, 7) is 0.830. The van der Waals surface area contributed by atoms with Gasteiger partial charge in [0.1, 0.15) is 13.2 Å². The highest BCUT2D eigenvalue weighted by molar-refractivity contribution is 5.97. The number of benzene rings is 1. The van der Waals surface area contributed by atoms with Crippen molar-refractivity contribution in [3.05, 3.63) is 57.3 Å². The highest BCUT2D eigenvalue weighted by atomic mass is 16.6. The summed E-state index contributed by atoms with van der Waals surface area (Å²) in [6, 6.07) is 7.97. The molecule has 0 spiro atoms. The fourth-order valence-electron chi connectivity index (χ4n) is 4.97. The number of nitro groups is 1. The number of fused-ring (bicyclic) bond motifs is 3. The summed E-state index contributed by atoms with van der Waals surface area (Å²) in [5, 5.41) is 15.1. The minimum Gasteiger partial charge on any atom is -0.443 e. The number of rotatable bonds is 3. The molecule has 0 N–H and O–H groups in total. The van der Waals surface area contributed by atoms with Gasteiger partial charge in [-0.25, -0.2) is 4.79 Å². The number of aromatic nitrogens is 2. The van der Waals surface area contributed by atoms with Gasteiger partial charge in [-0.05, 0) is 28.9 Å². The molecule has 10 nitrogen and oxygen atoms in total. The van der Waals surface area contributed by atoms with Crippen molar-refractivity contribution in [1.29, 1.82) is 0 Å². The van der Waals surface area contributed by atoms with Gasteiger partial charge in [0.05, 0.1) is 12.2 Å². The molecule has 10 heteroatoms. The van der Waals surface area contributed by atoms with E-state index in [4.69, 9.17) is 4.74 Å². The monoisotopic (exact) mass is 411 g/mol. The van der Waals surface area contributed by atoms with Gasteiger partial charge in [0.25, 0.3) is 5.91 Å². The van der Waals surface area contributed by atoms with Crippen molar-refractivity contribution in [2.45, 2.75) is 37.5 Å². The first-order chi connectivity index (χ1) is 14.5. The molecule has 2 aromatic rings. The van der Waals surface area contributed by atoms with Crippen LogP contribution >= 0.6 is 0 Å². The van der Waals surface area contributed by atoms with Crippen LogP contribution < -0.4 is 0 Å². The second-order valence-electron chi connectivity index (χ2n) is 7.96. The van der Waals surface area contributed by atoms with Crippen LogP contribution in [0.2, 0.25) is 0 Å². The quantitative estimate of drug-likeness (QED) is 0.565. The van der Waals surface area contributed by atoms with Gasteiger partial charge >= 0.3 is 11.9 Å². The van der Waals surface area contributed by atoms with Crippen LogP contribution in [-0.2, 0) is 18.2 Å². The Hall–Kier alpha value is -3.43. The molecule has 2 aliphatic heterocycles. The first kappa shape index (κ1) is 18.6. The van der Waals surface area contributed by atoms with Gasteiger partial charge < -0.3 is 19.8 Å². The fraction of sp³-hybridized carbons (Fsp3) is 0.450. The Morgan fingerprint density at radius 1 is 1.27 bits per heavy atom. The Morgan fingerprint density at radius 2 is 2.00 bits per heavy atom. The van der Waals surface area contributed by atoms with Crippen LogP contribution in [0.5, 0.6) is 0 Å². The van der Waals surface area contributed by atoms with Gasteiger partial charge in [-0.1, -0.05) is 29.4 Å². The van der Waals surface area contributed by atoms with Gasteiger partial charge in [-0.2, -0.15) is 0 Å². The molecule has 1 aromatic carbocycles. The average Bonchev–Trinajstić information content (AvgIpc) is 3.38. The van der Waals surface area contributed by atoms with Crippen molar-refractivity contribution in [2.24, 2.45) is 7.05 Å². The van der Waals surface area contributed by atoms with Crippen LogP contribution in [0.3, 0.4) is 0 Å². The summed E-state index contributed by atoms with van der Waals surface area (Å²) in [5.41, 5.74) is 2.34. The Morgan fingerprint density at radius 3 is 2.73 bits per heavy atom. The predicted octanol–water partition coefficient (Wildman–Crippen LogP) is 2.05. The van der Waals surface area contributed by atoms with Crippen LogP contribution in [0.15, 0.2) is 30.5 Å². The molecule has 30 heavy (non-hydrogen) atoms. The summed E-state index contributed by atoms with van der Waals surface area (Å²) in [7, 11) is 1.44. The SMILES string of the molecule is Cn1ncc(C(=O)N2CCC(N3C(=O)O[C@@H]4Cc5ccccc5[C@@H]43)CC2)c1[N+](=O)[O-]. The Balaban J connectivity index is 1.31. The van der Waals surface area contributed by atoms with Gasteiger partial charge in [0.2, 0.25) is 0 Å². The van der Waals surface area contributed by atoms with Crippen LogP contribution in [0.4, 0.5) is 10.6 Å². The molecule has 5 rings (SSSR count). The molecule has 0 unspecified atom stereocenters. The Labute approximate surface area is 172 Å². The molecule has 156 valence electrons. The maximum Gasteiger partial charge on any atom is 0.411 e. The van der Waals surface area contributed by atoms with E-state index >= 15 is 0 Å². The molecular weight excluding hydrogens is 390 g/mol. The summed E-state index contributed by atoms with van der Waals surface area (Å²) in [5.74, 6) is -0.711. The number of hydrogen-bond acceptors (Lipinski definition) is 6. The number of carbonyl (C=O) groups is 2. The minimum absolute atomic E-state index is 0.00804. The van der Waals surface area contributed by atoms with E-state index in [2.05, 4.69) is 17.2 Å². The lowest BCUT2D eigenvalue weighted by molar-refractivity contribution is -0.392. The number of aryl methyl sites for hydroxylation is 1. The second kappa shape index (κ2) is 6.82. The van der Waals surface area contributed by atoms with E-state index in [-0.39, 0.29) is 35.7 Å². The number of amides is 2. The third-order valence-electron chi connectivity index (χ3n) is 6.37. The molecular formula is C20H21N5O5. The second-order valence-corrected chi connectivity index (χ2v) is 7.96. The van der Waals surface area contributed by atoms with Crippen LogP contribution in [0.1, 0.15) is 40.4 Å². The molecule has 0 saturated carbocycles. The van der Waals surface area contributed by atoms with Gasteiger partial charge in [-0.3, -0.25) is 9.69 Å². The maximum absolute atomic E-state index is 12.8. The number of ether oxygens (including phenoxy) is 1. The van der Waals surface area contributed by atoms with Gasteiger partial charge in [-0.15, -0.1) is 4.68 Å². The first-order valence-electron chi connectivity index (χ1n) is 9.98. The van der Waals surface area contributed by atoms with Gasteiger partial charge in [0.15, 0.2) is 5.56 Å². The third-order valence-corrected chi connectivity index (χ3v) is 6.37. The predicted molar refractivity (Wildman–Crippen MR) is 104 cm³/mol. The fourth-order valence-corrected chi connectivity index (χ4v) is 4.97. The van der Waals surface area contributed by atoms with E-state index in [1.807, 2.05) is 17.0 Å². The maximum atomic E-state index is 12.8. The standard InChI is InChI=1S/C20H21N5O5/c1-22-18(25(28)29)15(11-21-22)19(26)23-8-6-13(7-9-23)24-17-14-5-3-2-4-12(14)10-16(17)30-20(24)27/h2-5,11,13,16-17H,6-10H2,1H3/t16-,17+/m1/s1. The van der Waals surface area contributed by atoms with E-state index in [9.17, 15) is 19.7 Å². The molecule has 0 radical (unpaired) electrons. The lowest BCUT2D eigenvalue weighted by atomic mass is 9.99. The summed E-state index contributed by atoms with van der Waals surface area (Å²) < 4.78 is 6.74. The summed E-state index contributed by atoms with van der Waals surface area (Å²) >= 11 is 0. The zero-order valence-corrected chi connectivity index (χ0v) is 16.4. The number of likely N-dealkylation sites (tertiary alicyclic amines) is 1. The Kier molecular flexibility index (Phi) is 4.23. The zero-order valence-electron chi connectivity index (χ0n) is 16.4. The van der Waals surface area contributed by atoms with E-state index < -0.39 is 10.8 Å².